The Labute approximate surface area is 151 Å². The predicted molar refractivity (Wildman–Crippen MR) is 87.3 cm³/mol. The minimum atomic E-state index is -1.93. The van der Waals surface area contributed by atoms with E-state index in [1.165, 1.54) is 24.4 Å². The third-order valence-electron chi connectivity index (χ3n) is 3.94. The number of carbonyl (C=O) groups is 1. The molecule has 0 saturated carbocycles. The number of anilines is 1. The van der Waals surface area contributed by atoms with Crippen LogP contribution in [0.5, 0.6) is 0 Å². The molecule has 0 aromatic carbocycles. The van der Waals surface area contributed by atoms with Gasteiger partial charge in [-0.15, -0.1) is 0 Å². The monoisotopic (exact) mass is 375 g/mol. The van der Waals surface area contributed by atoms with Gasteiger partial charge >= 0.3 is 5.69 Å². The number of alkyl halides is 1. The summed E-state index contributed by atoms with van der Waals surface area (Å²) >= 11 is 0. The maximum Gasteiger partial charge on any atom is 0.351 e. The number of amides is 1. The zero-order chi connectivity index (χ0) is 19.6. The van der Waals surface area contributed by atoms with Crippen molar-refractivity contribution in [1.29, 1.82) is 5.26 Å². The van der Waals surface area contributed by atoms with Gasteiger partial charge < -0.3 is 20.3 Å². The Morgan fingerprint density at radius 3 is 2.78 bits per heavy atom. The number of aromatic nitrogens is 3. The smallest absolute Gasteiger partial charge is 0.351 e. The third-order valence-corrected chi connectivity index (χ3v) is 3.94. The molecule has 0 aliphatic carbocycles. The first-order valence-corrected chi connectivity index (χ1v) is 7.79. The number of rotatable bonds is 4. The molecule has 1 saturated heterocycles. The van der Waals surface area contributed by atoms with E-state index in [9.17, 15) is 19.1 Å². The molecule has 2 aromatic rings. The van der Waals surface area contributed by atoms with Crippen LogP contribution in [0.1, 0.15) is 22.3 Å². The number of nitrogens with zero attached hydrogens (tertiary/aromatic N) is 4. The van der Waals surface area contributed by atoms with Crippen LogP contribution in [0.25, 0.3) is 0 Å². The van der Waals surface area contributed by atoms with E-state index in [-0.39, 0.29) is 17.1 Å². The average Bonchev–Trinajstić information content (AvgIpc) is 2.96. The van der Waals surface area contributed by atoms with Crippen molar-refractivity contribution >= 4 is 11.7 Å². The minimum absolute atomic E-state index is 0.0110. The Balaban J connectivity index is 1.76. The molecule has 3 N–H and O–H groups in total. The van der Waals surface area contributed by atoms with Gasteiger partial charge in [0.1, 0.15) is 29.8 Å². The second kappa shape index (κ2) is 7.58. The Hall–Kier alpha value is -3.20. The number of aliphatic hydroxyl groups is 2. The van der Waals surface area contributed by atoms with Gasteiger partial charge in [-0.3, -0.25) is 9.36 Å². The number of nitriles is 1. The van der Waals surface area contributed by atoms with E-state index in [1.54, 1.807) is 0 Å². The van der Waals surface area contributed by atoms with Crippen molar-refractivity contribution in [2.24, 2.45) is 0 Å². The van der Waals surface area contributed by atoms with E-state index in [2.05, 4.69) is 15.3 Å². The molecule has 4 atom stereocenters. The lowest BCUT2D eigenvalue weighted by Crippen LogP contribution is -2.33. The van der Waals surface area contributed by atoms with E-state index >= 15 is 0 Å². The van der Waals surface area contributed by atoms with Gasteiger partial charge in [-0.05, 0) is 18.2 Å². The van der Waals surface area contributed by atoms with E-state index < -0.39 is 42.8 Å². The maximum absolute atomic E-state index is 14.1. The first-order chi connectivity index (χ1) is 12.9. The number of halogens is 1. The first-order valence-electron chi connectivity index (χ1n) is 7.79. The largest absolute Gasteiger partial charge is 0.394 e. The van der Waals surface area contributed by atoms with Gasteiger partial charge in [-0.2, -0.15) is 10.2 Å². The number of pyridine rings is 1. The molecule has 1 aliphatic heterocycles. The number of nitrogens with one attached hydrogen (secondary N) is 1. The standard InChI is InChI=1S/C16H14FN5O5/c17-12-13(24)10(7-23)27-15(12)22-4-3-11(21-16(22)26)20-14(25)9-2-1-8(5-18)6-19-9/h1-4,6,10,12-13,15,23-24H,7H2,(H,20,21,25,26)/t10-,12-,13-,15-/m1/s1. The topological polar surface area (TPSA) is 150 Å². The lowest BCUT2D eigenvalue weighted by molar-refractivity contribution is -0.0490. The number of ether oxygens (including phenoxy) is 1. The Morgan fingerprint density at radius 2 is 2.22 bits per heavy atom. The van der Waals surface area contributed by atoms with Crippen LogP contribution in [0.4, 0.5) is 10.2 Å². The average molecular weight is 375 g/mol. The van der Waals surface area contributed by atoms with Crippen LogP contribution < -0.4 is 11.0 Å². The minimum Gasteiger partial charge on any atom is -0.394 e. The number of aliphatic hydroxyl groups excluding tert-OH is 2. The molecule has 27 heavy (non-hydrogen) atoms. The van der Waals surface area contributed by atoms with Gasteiger partial charge in [0.2, 0.25) is 0 Å². The van der Waals surface area contributed by atoms with Crippen molar-refractivity contribution in [3.63, 3.8) is 0 Å². The molecule has 11 heteroatoms. The van der Waals surface area contributed by atoms with Crippen molar-refractivity contribution < 1.29 is 24.1 Å². The van der Waals surface area contributed by atoms with E-state index in [4.69, 9.17) is 15.1 Å². The second-order valence-corrected chi connectivity index (χ2v) is 5.68. The first kappa shape index (κ1) is 18.6. The van der Waals surface area contributed by atoms with Gasteiger partial charge in [0, 0.05) is 12.4 Å². The zero-order valence-corrected chi connectivity index (χ0v) is 13.7. The van der Waals surface area contributed by atoms with Crippen molar-refractivity contribution in [3.8, 4) is 6.07 Å². The normalized spacial score (nSPS) is 24.4. The molecule has 1 amide bonds. The van der Waals surface area contributed by atoms with Gasteiger partial charge in [-0.1, -0.05) is 0 Å². The summed E-state index contributed by atoms with van der Waals surface area (Å²) in [5.41, 5.74) is -0.621. The highest BCUT2D eigenvalue weighted by atomic mass is 19.1. The molecule has 10 nitrogen and oxygen atoms in total. The molecule has 0 radical (unpaired) electrons. The highest BCUT2D eigenvalue weighted by molar-refractivity contribution is 6.02. The van der Waals surface area contributed by atoms with E-state index in [1.807, 2.05) is 6.07 Å². The summed E-state index contributed by atoms with van der Waals surface area (Å²) in [7, 11) is 0. The molecular weight excluding hydrogens is 361 g/mol. The number of carbonyl (C=O) groups excluding carboxylic acids is 1. The van der Waals surface area contributed by atoms with Crippen LogP contribution in [0.2, 0.25) is 0 Å². The number of hydrogen-bond donors (Lipinski definition) is 3. The quantitative estimate of drug-likeness (QED) is 0.638. The van der Waals surface area contributed by atoms with Crippen LogP contribution >= 0.6 is 0 Å². The predicted octanol–water partition coefficient (Wildman–Crippen LogP) is -0.649. The highest BCUT2D eigenvalue weighted by Crippen LogP contribution is 2.30. The fraction of sp³-hybridized carbons (Fsp3) is 0.312. The lowest BCUT2D eigenvalue weighted by Gasteiger charge is -2.16. The van der Waals surface area contributed by atoms with Crippen LogP contribution in [-0.2, 0) is 4.74 Å². The summed E-state index contributed by atoms with van der Waals surface area (Å²) in [6, 6.07) is 5.87. The summed E-state index contributed by atoms with van der Waals surface area (Å²) in [5, 5.41) is 29.8. The molecular formula is C16H14FN5O5. The zero-order valence-electron chi connectivity index (χ0n) is 13.7. The van der Waals surface area contributed by atoms with Crippen LogP contribution in [0.3, 0.4) is 0 Å². The SMILES string of the molecule is N#Cc1ccc(C(=O)Nc2ccn([C@@H]3O[C@H](CO)[C@@H](O)[C@H]3F)c(=O)n2)nc1. The van der Waals surface area contributed by atoms with Crippen molar-refractivity contribution in [1.82, 2.24) is 14.5 Å². The Bertz CT molecular complexity index is 941. The summed E-state index contributed by atoms with van der Waals surface area (Å²) in [5.74, 6) is -0.750. The molecule has 1 fully saturated rings. The Kier molecular flexibility index (Phi) is 5.22. The van der Waals surface area contributed by atoms with Crippen LogP contribution in [0.15, 0.2) is 35.4 Å². The Morgan fingerprint density at radius 1 is 1.44 bits per heavy atom. The van der Waals surface area contributed by atoms with Crippen LogP contribution in [0, 0.1) is 11.3 Å². The summed E-state index contributed by atoms with van der Waals surface area (Å²) in [6.07, 6.45) is -3.72. The van der Waals surface area contributed by atoms with Crippen molar-refractivity contribution in [2.45, 2.75) is 24.6 Å². The van der Waals surface area contributed by atoms with Crippen molar-refractivity contribution in [3.05, 3.63) is 52.3 Å². The van der Waals surface area contributed by atoms with E-state index in [0.29, 0.717) is 0 Å². The van der Waals surface area contributed by atoms with Gasteiger partial charge in [0.05, 0.1) is 12.2 Å². The molecule has 3 rings (SSSR count). The molecule has 1 aliphatic rings. The third kappa shape index (κ3) is 3.68. The highest BCUT2D eigenvalue weighted by Gasteiger charge is 2.45. The van der Waals surface area contributed by atoms with Gasteiger partial charge in [-0.25, -0.2) is 14.2 Å². The molecule has 140 valence electrons. The summed E-state index contributed by atoms with van der Waals surface area (Å²) in [6.45, 7) is -0.605. The molecule has 0 spiro atoms. The maximum atomic E-state index is 14.1. The summed E-state index contributed by atoms with van der Waals surface area (Å²) < 4.78 is 20.1. The molecule has 0 unspecified atom stereocenters. The number of hydrogen-bond acceptors (Lipinski definition) is 8. The van der Waals surface area contributed by atoms with Gasteiger partial charge in [0.15, 0.2) is 12.4 Å². The van der Waals surface area contributed by atoms with Crippen molar-refractivity contribution in [2.75, 3.05) is 11.9 Å². The van der Waals surface area contributed by atoms with E-state index in [0.717, 1.165) is 10.8 Å². The second-order valence-electron chi connectivity index (χ2n) is 5.68. The molecule has 0 bridgehead atoms. The summed E-state index contributed by atoms with van der Waals surface area (Å²) in [4.78, 5) is 31.7. The van der Waals surface area contributed by atoms with Crippen LogP contribution in [-0.4, -0.2) is 55.6 Å². The lowest BCUT2D eigenvalue weighted by atomic mass is 10.1. The fourth-order valence-electron chi connectivity index (χ4n) is 2.53. The van der Waals surface area contributed by atoms with Gasteiger partial charge in [0.25, 0.3) is 5.91 Å². The fourth-order valence-corrected chi connectivity index (χ4v) is 2.53. The molecule has 3 heterocycles. The molecule has 2 aromatic heterocycles.